The molecule has 0 amide bonds. The summed E-state index contributed by atoms with van der Waals surface area (Å²) in [5, 5.41) is 0.925. The molecule has 3 nitrogen and oxygen atoms in total. The Morgan fingerprint density at radius 1 is 1.27 bits per heavy atom. The molecule has 0 bridgehead atoms. The molecule has 1 atom stereocenters. The Bertz CT molecular complexity index is 808. The van der Waals surface area contributed by atoms with Gasteiger partial charge < -0.3 is 9.15 Å². The van der Waals surface area contributed by atoms with Gasteiger partial charge in [-0.1, -0.05) is 24.3 Å². The second-order valence-corrected chi connectivity index (χ2v) is 5.65. The zero-order valence-electron chi connectivity index (χ0n) is 12.1. The molecule has 1 heterocycles. The highest BCUT2D eigenvalue weighted by molar-refractivity contribution is 6.18. The molecule has 4 heteroatoms. The van der Waals surface area contributed by atoms with Crippen molar-refractivity contribution < 1.29 is 9.15 Å². The lowest BCUT2D eigenvalue weighted by atomic mass is 10.1. The molecule has 0 fully saturated rings. The molecule has 0 saturated heterocycles. The van der Waals surface area contributed by atoms with Crippen molar-refractivity contribution >= 4 is 23.8 Å². The van der Waals surface area contributed by atoms with Crippen LogP contribution < -0.4 is 21.0 Å². The maximum atomic E-state index is 12.1. The van der Waals surface area contributed by atoms with Crippen molar-refractivity contribution in [1.29, 1.82) is 0 Å². The van der Waals surface area contributed by atoms with Gasteiger partial charge in [0.1, 0.15) is 17.8 Å². The van der Waals surface area contributed by atoms with Gasteiger partial charge in [-0.3, -0.25) is 0 Å². The number of hydrogen-bond donors (Lipinski definition) is 0. The van der Waals surface area contributed by atoms with Gasteiger partial charge in [0.25, 0.3) is 0 Å². The molecule has 0 aliphatic heterocycles. The molecule has 0 N–H and O–H groups in total. The summed E-state index contributed by atoms with van der Waals surface area (Å²) >= 11 is 5.97. The van der Waals surface area contributed by atoms with Gasteiger partial charge in [0, 0.05) is 11.1 Å². The third-order valence-corrected chi connectivity index (χ3v) is 4.09. The zero-order valence-corrected chi connectivity index (χ0v) is 12.9. The molecule has 0 saturated carbocycles. The van der Waals surface area contributed by atoms with E-state index in [0.29, 0.717) is 22.8 Å². The molecule has 1 aromatic carbocycles. The second-order valence-electron chi connectivity index (χ2n) is 5.34. The first-order valence-corrected chi connectivity index (χ1v) is 7.88. The van der Waals surface area contributed by atoms with E-state index in [9.17, 15) is 4.79 Å². The van der Waals surface area contributed by atoms with Gasteiger partial charge in [-0.15, -0.1) is 11.6 Å². The monoisotopic (exact) mass is 316 g/mol. The van der Waals surface area contributed by atoms with Crippen LogP contribution in [0.15, 0.2) is 45.6 Å². The molecule has 1 aromatic heterocycles. The fourth-order valence-corrected chi connectivity index (χ4v) is 2.74. The van der Waals surface area contributed by atoms with E-state index in [1.54, 1.807) is 0 Å². The van der Waals surface area contributed by atoms with Gasteiger partial charge in [0.2, 0.25) is 0 Å². The smallest absolute Gasteiger partial charge is 0.342 e. The van der Waals surface area contributed by atoms with Crippen molar-refractivity contribution in [1.82, 2.24) is 0 Å². The van der Waals surface area contributed by atoms with Gasteiger partial charge in [-0.2, -0.15) is 0 Å². The number of fused-ring (bicyclic) bond motifs is 1. The first-order valence-electron chi connectivity index (χ1n) is 7.35. The Kier molecular flexibility index (Phi) is 4.64. The predicted molar refractivity (Wildman–Crippen MR) is 87.4 cm³/mol. The minimum Gasteiger partial charge on any atom is -0.489 e. The van der Waals surface area contributed by atoms with Crippen LogP contribution in [-0.4, -0.2) is 5.88 Å². The van der Waals surface area contributed by atoms with Gasteiger partial charge in [0.15, 0.2) is 0 Å². The summed E-state index contributed by atoms with van der Waals surface area (Å²) in [4.78, 5) is 12.1. The maximum absolute atomic E-state index is 12.1. The van der Waals surface area contributed by atoms with Gasteiger partial charge in [0.05, 0.1) is 5.56 Å². The fraction of sp³-hybridized carbons (Fsp3) is 0.278. The van der Waals surface area contributed by atoms with E-state index in [1.165, 1.54) is 0 Å². The van der Waals surface area contributed by atoms with E-state index in [0.717, 1.165) is 23.8 Å². The fourth-order valence-electron chi connectivity index (χ4n) is 2.50. The van der Waals surface area contributed by atoms with Crippen LogP contribution in [0.1, 0.15) is 18.4 Å². The largest absolute Gasteiger partial charge is 0.489 e. The van der Waals surface area contributed by atoms with Gasteiger partial charge in [-0.25, -0.2) is 4.79 Å². The Labute approximate surface area is 133 Å². The maximum Gasteiger partial charge on any atom is 0.342 e. The lowest BCUT2D eigenvalue weighted by Gasteiger charge is -2.05. The van der Waals surface area contributed by atoms with E-state index in [4.69, 9.17) is 20.8 Å². The van der Waals surface area contributed by atoms with Crippen LogP contribution in [-0.2, 0) is 6.61 Å². The normalized spacial score (nSPS) is 16.9. The van der Waals surface area contributed by atoms with E-state index in [2.05, 4.69) is 6.08 Å². The number of halogens is 1. The molecule has 0 spiro atoms. The van der Waals surface area contributed by atoms with Crippen molar-refractivity contribution in [3.05, 3.63) is 63.0 Å². The average molecular weight is 317 g/mol. The summed E-state index contributed by atoms with van der Waals surface area (Å²) in [6, 6.07) is 11.3. The van der Waals surface area contributed by atoms with Crippen LogP contribution >= 0.6 is 11.6 Å². The first kappa shape index (κ1) is 14.9. The molecule has 3 rings (SSSR count). The summed E-state index contributed by atoms with van der Waals surface area (Å²) in [6.07, 6.45) is 5.88. The number of alkyl halides is 1. The summed E-state index contributed by atoms with van der Waals surface area (Å²) in [5.74, 6) is 1.60. The van der Waals surface area contributed by atoms with Gasteiger partial charge in [-0.05, 0) is 43.0 Å². The summed E-state index contributed by atoms with van der Waals surface area (Å²) in [7, 11) is 0. The van der Waals surface area contributed by atoms with E-state index in [1.807, 2.05) is 42.5 Å². The second kappa shape index (κ2) is 6.84. The van der Waals surface area contributed by atoms with E-state index >= 15 is 0 Å². The minimum atomic E-state index is -0.344. The molecule has 0 radical (unpaired) electrons. The van der Waals surface area contributed by atoms with Crippen LogP contribution in [0, 0.1) is 5.92 Å². The van der Waals surface area contributed by atoms with Crippen molar-refractivity contribution in [2.24, 2.45) is 5.92 Å². The Morgan fingerprint density at radius 2 is 2.09 bits per heavy atom. The highest BCUT2D eigenvalue weighted by Gasteiger charge is 2.10. The van der Waals surface area contributed by atoms with E-state index < -0.39 is 0 Å². The highest BCUT2D eigenvalue weighted by atomic mass is 35.5. The minimum absolute atomic E-state index is 0.193. The van der Waals surface area contributed by atoms with Gasteiger partial charge >= 0.3 is 5.63 Å². The van der Waals surface area contributed by atoms with Crippen LogP contribution in [0.2, 0.25) is 0 Å². The van der Waals surface area contributed by atoms with Crippen molar-refractivity contribution in [3.63, 3.8) is 0 Å². The molecule has 2 aromatic rings. The van der Waals surface area contributed by atoms with Crippen LogP contribution in [0.4, 0.5) is 0 Å². The first-order chi connectivity index (χ1) is 10.8. The topological polar surface area (TPSA) is 39.4 Å². The standard InChI is InChI=1S/C18H17ClO3/c19-11-13-5-4-8-17-14(9-13)10-15(18(20)22-17)12-21-16-6-2-1-3-7-16/h1-3,6-10,13H,4-5,11-12H2. The Morgan fingerprint density at radius 3 is 2.86 bits per heavy atom. The average Bonchev–Trinajstić information content (AvgIpc) is 2.75. The summed E-state index contributed by atoms with van der Waals surface area (Å²) < 4.78 is 11.1. The molecule has 1 unspecified atom stereocenters. The zero-order chi connectivity index (χ0) is 15.4. The SMILES string of the molecule is O=c1oc2c(cc1COc1ccccc1)=CC(CCl)CCC=2. The molecular weight excluding hydrogens is 300 g/mol. The van der Waals surface area contributed by atoms with E-state index in [-0.39, 0.29) is 12.2 Å². The Balaban J connectivity index is 1.92. The molecule has 1 aliphatic carbocycles. The number of benzene rings is 1. The van der Waals surface area contributed by atoms with Crippen LogP contribution in [0.5, 0.6) is 5.75 Å². The number of hydrogen-bond acceptors (Lipinski definition) is 3. The quantitative estimate of drug-likeness (QED) is 0.813. The van der Waals surface area contributed by atoms with Crippen molar-refractivity contribution in [3.8, 4) is 5.75 Å². The number of rotatable bonds is 4. The summed E-state index contributed by atoms with van der Waals surface area (Å²) in [5.41, 5.74) is 0.812. The molecule has 22 heavy (non-hydrogen) atoms. The molecule has 1 aliphatic rings. The predicted octanol–water partition coefficient (Wildman–Crippen LogP) is 2.43. The lowest BCUT2D eigenvalue weighted by molar-refractivity contribution is 0.297. The van der Waals surface area contributed by atoms with Crippen LogP contribution in [0.25, 0.3) is 12.2 Å². The summed E-state index contributed by atoms with van der Waals surface area (Å²) in [6.45, 7) is 0.193. The number of ether oxygens (including phenoxy) is 1. The van der Waals surface area contributed by atoms with Crippen molar-refractivity contribution in [2.75, 3.05) is 5.88 Å². The molecular formula is C18H17ClO3. The third kappa shape index (κ3) is 3.42. The number of para-hydroxylation sites is 1. The lowest BCUT2D eigenvalue weighted by Crippen LogP contribution is -2.31. The van der Waals surface area contributed by atoms with Crippen molar-refractivity contribution in [2.45, 2.75) is 19.4 Å². The molecule has 114 valence electrons. The van der Waals surface area contributed by atoms with Crippen LogP contribution in [0.3, 0.4) is 0 Å². The highest BCUT2D eigenvalue weighted by Crippen LogP contribution is 2.12. The third-order valence-electron chi connectivity index (χ3n) is 3.70. The Hall–Kier alpha value is -2.00.